The van der Waals surface area contributed by atoms with Crippen LogP contribution in [-0.4, -0.2) is 73.7 Å². The summed E-state index contributed by atoms with van der Waals surface area (Å²) in [5, 5.41) is 3.33. The molecule has 0 bridgehead atoms. The smallest absolute Gasteiger partial charge is 0.239 e. The molecule has 0 aromatic carbocycles. The Labute approximate surface area is 116 Å². The number of carbonyl (C=O) groups is 1. The first kappa shape index (κ1) is 14.8. The van der Waals surface area contributed by atoms with Gasteiger partial charge in [-0.1, -0.05) is 13.8 Å². The fourth-order valence-corrected chi connectivity index (χ4v) is 2.85. The number of nitrogens with one attached hydrogen (secondary N) is 1. The van der Waals surface area contributed by atoms with Crippen LogP contribution in [0.1, 0.15) is 26.7 Å². The van der Waals surface area contributed by atoms with Gasteiger partial charge in [0.25, 0.3) is 0 Å². The van der Waals surface area contributed by atoms with Crippen molar-refractivity contribution in [2.75, 3.05) is 45.9 Å². The van der Waals surface area contributed by atoms with Gasteiger partial charge in [-0.15, -0.1) is 0 Å². The Kier molecular flexibility index (Phi) is 5.60. The third kappa shape index (κ3) is 3.91. The van der Waals surface area contributed by atoms with E-state index < -0.39 is 0 Å². The zero-order valence-electron chi connectivity index (χ0n) is 12.2. The Morgan fingerprint density at radius 3 is 2.95 bits per heavy atom. The standard InChI is InChI=1S/C14H27N3O2/c1-3-6-15-13-5-7-17(14(13)18)11-12-10-16(4-2)8-9-19-12/h12-13,15H,3-11H2,1-2H3. The van der Waals surface area contributed by atoms with Gasteiger partial charge in [0.05, 0.1) is 18.8 Å². The Morgan fingerprint density at radius 2 is 2.21 bits per heavy atom. The van der Waals surface area contributed by atoms with E-state index in [0.29, 0.717) is 0 Å². The molecule has 2 heterocycles. The lowest BCUT2D eigenvalue weighted by Crippen LogP contribution is -2.48. The third-order valence-electron chi connectivity index (χ3n) is 4.03. The predicted octanol–water partition coefficient (Wildman–Crippen LogP) is 0.308. The van der Waals surface area contributed by atoms with Crippen molar-refractivity contribution < 1.29 is 9.53 Å². The van der Waals surface area contributed by atoms with Crippen molar-refractivity contribution in [1.82, 2.24) is 15.1 Å². The van der Waals surface area contributed by atoms with Crippen molar-refractivity contribution >= 4 is 5.91 Å². The largest absolute Gasteiger partial charge is 0.374 e. The number of carbonyl (C=O) groups excluding carboxylic acids is 1. The minimum Gasteiger partial charge on any atom is -0.374 e. The molecule has 2 unspecified atom stereocenters. The summed E-state index contributed by atoms with van der Waals surface area (Å²) in [5.74, 6) is 0.255. The van der Waals surface area contributed by atoms with E-state index >= 15 is 0 Å². The number of rotatable bonds is 6. The number of likely N-dealkylation sites (tertiary alicyclic amines) is 1. The first-order valence-electron chi connectivity index (χ1n) is 7.60. The summed E-state index contributed by atoms with van der Waals surface area (Å²) in [5.41, 5.74) is 0. The molecule has 1 N–H and O–H groups in total. The van der Waals surface area contributed by atoms with Gasteiger partial charge in [-0.2, -0.15) is 0 Å². The lowest BCUT2D eigenvalue weighted by molar-refractivity contribution is -0.132. The van der Waals surface area contributed by atoms with E-state index in [1.54, 1.807) is 0 Å². The summed E-state index contributed by atoms with van der Waals surface area (Å²) in [6.45, 7) is 10.7. The summed E-state index contributed by atoms with van der Waals surface area (Å²) < 4.78 is 5.78. The van der Waals surface area contributed by atoms with Crippen molar-refractivity contribution in [3.8, 4) is 0 Å². The highest BCUT2D eigenvalue weighted by Gasteiger charge is 2.33. The number of likely N-dealkylation sites (N-methyl/N-ethyl adjacent to an activating group) is 1. The van der Waals surface area contributed by atoms with Crippen LogP contribution in [0.25, 0.3) is 0 Å². The summed E-state index contributed by atoms with van der Waals surface area (Å²) in [6.07, 6.45) is 2.19. The molecule has 0 radical (unpaired) electrons. The van der Waals surface area contributed by atoms with Gasteiger partial charge >= 0.3 is 0 Å². The second-order valence-electron chi connectivity index (χ2n) is 5.47. The molecule has 110 valence electrons. The highest BCUT2D eigenvalue weighted by molar-refractivity contribution is 5.84. The van der Waals surface area contributed by atoms with Crippen LogP contribution < -0.4 is 5.32 Å². The van der Waals surface area contributed by atoms with Gasteiger partial charge in [0.2, 0.25) is 5.91 Å². The number of nitrogens with zero attached hydrogens (tertiary/aromatic N) is 2. The molecule has 1 amide bonds. The molecule has 0 spiro atoms. The molecule has 5 heteroatoms. The number of hydrogen-bond acceptors (Lipinski definition) is 4. The first-order chi connectivity index (χ1) is 9.24. The average molecular weight is 269 g/mol. The molecular weight excluding hydrogens is 242 g/mol. The van der Waals surface area contributed by atoms with Crippen LogP contribution in [0.5, 0.6) is 0 Å². The van der Waals surface area contributed by atoms with Crippen LogP contribution in [0.2, 0.25) is 0 Å². The molecule has 0 aliphatic carbocycles. The molecule has 2 aliphatic rings. The van der Waals surface area contributed by atoms with E-state index in [2.05, 4.69) is 24.1 Å². The van der Waals surface area contributed by atoms with E-state index in [4.69, 9.17) is 4.74 Å². The van der Waals surface area contributed by atoms with Gasteiger partial charge in [-0.3, -0.25) is 9.69 Å². The first-order valence-corrected chi connectivity index (χ1v) is 7.60. The quantitative estimate of drug-likeness (QED) is 0.754. The lowest BCUT2D eigenvalue weighted by atomic mass is 10.2. The maximum Gasteiger partial charge on any atom is 0.239 e. The highest BCUT2D eigenvalue weighted by Crippen LogP contribution is 2.14. The molecular formula is C14H27N3O2. The van der Waals surface area contributed by atoms with Crippen LogP contribution in [0.3, 0.4) is 0 Å². The lowest BCUT2D eigenvalue weighted by Gasteiger charge is -2.34. The molecule has 0 aromatic rings. The van der Waals surface area contributed by atoms with E-state index in [-0.39, 0.29) is 18.1 Å². The number of ether oxygens (including phenoxy) is 1. The van der Waals surface area contributed by atoms with E-state index in [1.807, 2.05) is 4.90 Å². The van der Waals surface area contributed by atoms with Crippen LogP contribution in [0.15, 0.2) is 0 Å². The van der Waals surface area contributed by atoms with Crippen LogP contribution in [0.4, 0.5) is 0 Å². The van der Waals surface area contributed by atoms with Gasteiger partial charge in [0, 0.05) is 26.2 Å². The SMILES string of the molecule is CCCNC1CCN(CC2CN(CC)CCO2)C1=O. The van der Waals surface area contributed by atoms with Crippen LogP contribution >= 0.6 is 0 Å². The summed E-state index contributed by atoms with van der Waals surface area (Å²) in [7, 11) is 0. The van der Waals surface area contributed by atoms with Crippen molar-refractivity contribution in [2.24, 2.45) is 0 Å². The molecule has 19 heavy (non-hydrogen) atoms. The molecule has 2 aliphatic heterocycles. The minimum absolute atomic E-state index is 0.0332. The van der Waals surface area contributed by atoms with Crippen molar-refractivity contribution in [3.05, 3.63) is 0 Å². The maximum atomic E-state index is 12.2. The second-order valence-corrected chi connectivity index (χ2v) is 5.47. The Hall–Kier alpha value is -0.650. The Balaban J connectivity index is 1.78. The number of amides is 1. The van der Waals surface area contributed by atoms with Crippen molar-refractivity contribution in [3.63, 3.8) is 0 Å². The van der Waals surface area contributed by atoms with Gasteiger partial charge in [0.1, 0.15) is 0 Å². The van der Waals surface area contributed by atoms with E-state index in [1.165, 1.54) is 0 Å². The van der Waals surface area contributed by atoms with Crippen LogP contribution in [-0.2, 0) is 9.53 Å². The normalized spacial score (nSPS) is 29.2. The van der Waals surface area contributed by atoms with E-state index in [0.717, 1.165) is 58.7 Å². The molecule has 0 aromatic heterocycles. The number of hydrogen-bond donors (Lipinski definition) is 1. The van der Waals surface area contributed by atoms with Crippen molar-refractivity contribution in [2.45, 2.75) is 38.8 Å². The Morgan fingerprint density at radius 1 is 1.37 bits per heavy atom. The molecule has 2 fully saturated rings. The maximum absolute atomic E-state index is 12.2. The molecule has 2 saturated heterocycles. The van der Waals surface area contributed by atoms with Gasteiger partial charge < -0.3 is 15.0 Å². The van der Waals surface area contributed by atoms with Crippen LogP contribution in [0, 0.1) is 0 Å². The Bertz CT molecular complexity index is 298. The highest BCUT2D eigenvalue weighted by atomic mass is 16.5. The monoisotopic (exact) mass is 269 g/mol. The van der Waals surface area contributed by atoms with Gasteiger partial charge in [0.15, 0.2) is 0 Å². The van der Waals surface area contributed by atoms with Crippen molar-refractivity contribution in [1.29, 1.82) is 0 Å². The van der Waals surface area contributed by atoms with E-state index in [9.17, 15) is 4.79 Å². The molecule has 5 nitrogen and oxygen atoms in total. The minimum atomic E-state index is 0.0332. The third-order valence-corrected chi connectivity index (χ3v) is 4.03. The average Bonchev–Trinajstić information content (AvgIpc) is 2.78. The summed E-state index contributed by atoms with van der Waals surface area (Å²) in [6, 6.07) is 0.0332. The zero-order chi connectivity index (χ0) is 13.7. The second kappa shape index (κ2) is 7.22. The topological polar surface area (TPSA) is 44.8 Å². The fraction of sp³-hybridized carbons (Fsp3) is 0.929. The predicted molar refractivity (Wildman–Crippen MR) is 75.1 cm³/mol. The molecule has 0 saturated carbocycles. The van der Waals surface area contributed by atoms with Gasteiger partial charge in [-0.25, -0.2) is 0 Å². The van der Waals surface area contributed by atoms with Gasteiger partial charge in [-0.05, 0) is 25.9 Å². The summed E-state index contributed by atoms with van der Waals surface area (Å²) >= 11 is 0. The summed E-state index contributed by atoms with van der Waals surface area (Å²) in [4.78, 5) is 16.6. The fourth-order valence-electron chi connectivity index (χ4n) is 2.85. The molecule has 2 rings (SSSR count). The molecule has 2 atom stereocenters. The zero-order valence-corrected chi connectivity index (χ0v) is 12.2. The number of morpholine rings is 1.